The molecule has 6 nitrogen and oxygen atoms in total. The molecule has 4 N–H and O–H groups in total. The van der Waals surface area contributed by atoms with Crippen LogP contribution in [0.2, 0.25) is 0 Å². The van der Waals surface area contributed by atoms with Crippen molar-refractivity contribution in [1.82, 2.24) is 4.48 Å². The average molecular weight is 367 g/mol. The smallest absolute Gasteiger partial charge is 0.362 e. The molecule has 1 aliphatic heterocycles. The lowest BCUT2D eigenvalue weighted by atomic mass is 10.1. The highest BCUT2D eigenvalue weighted by Crippen LogP contribution is 2.36. The van der Waals surface area contributed by atoms with Crippen LogP contribution in [-0.2, 0) is 4.79 Å². The van der Waals surface area contributed by atoms with E-state index in [1.165, 1.54) is 0 Å². The largest absolute Gasteiger partial charge is 1.00 e. The maximum atomic E-state index is 10.7. The normalized spacial score (nSPS) is 13.7. The monoisotopic (exact) mass is 366 g/mol. The predicted molar refractivity (Wildman–Crippen MR) is 79.2 cm³/mol. The summed E-state index contributed by atoms with van der Waals surface area (Å²) in [5, 5.41) is 8.82. The predicted octanol–water partition coefficient (Wildman–Crippen LogP) is -5.14. The van der Waals surface area contributed by atoms with Crippen LogP contribution in [0.15, 0.2) is 18.2 Å². The molecule has 1 aromatic carbocycles. The minimum absolute atomic E-state index is 0. The van der Waals surface area contributed by atoms with Crippen LogP contribution in [0.5, 0.6) is 11.5 Å². The third-order valence-electron chi connectivity index (χ3n) is 3.92. The van der Waals surface area contributed by atoms with E-state index in [9.17, 15) is 4.79 Å². The van der Waals surface area contributed by atoms with Gasteiger partial charge in [0.15, 0.2) is 17.5 Å². The quantitative estimate of drug-likeness (QED) is 0.373. The Morgan fingerprint density at radius 1 is 1.26 bits per heavy atom. The number of carbonyl (C=O) groups is 1. The van der Waals surface area contributed by atoms with E-state index in [0.717, 1.165) is 41.1 Å². The van der Waals surface area contributed by atoms with Crippen LogP contribution in [0.1, 0.15) is 19.3 Å². The molecule has 2 rings (SSSR count). The zero-order valence-corrected chi connectivity index (χ0v) is 14.9. The minimum atomic E-state index is -0.820. The Hall–Kier alpha value is -1.21. The molecule has 1 atom stereocenters. The maximum Gasteiger partial charge on any atom is 0.362 e. The van der Waals surface area contributed by atoms with Crippen molar-refractivity contribution in [1.29, 1.82) is 0 Å². The molecule has 23 heavy (non-hydrogen) atoms. The van der Waals surface area contributed by atoms with E-state index in [1.807, 2.05) is 12.1 Å². The first-order valence-electron chi connectivity index (χ1n) is 7.19. The number of rotatable bonds is 7. The summed E-state index contributed by atoms with van der Waals surface area (Å²) in [5.41, 5.74) is 4.79. The van der Waals surface area contributed by atoms with Gasteiger partial charge in [0.05, 0.1) is 20.6 Å². The maximum absolute atomic E-state index is 10.7. The van der Waals surface area contributed by atoms with Gasteiger partial charge in [-0.25, -0.2) is 4.79 Å². The third kappa shape index (κ3) is 5.73. The Labute approximate surface area is 149 Å². The van der Waals surface area contributed by atoms with Gasteiger partial charge >= 0.3 is 5.97 Å². The van der Waals surface area contributed by atoms with Gasteiger partial charge in [0, 0.05) is 18.6 Å². The van der Waals surface area contributed by atoms with Crippen molar-refractivity contribution >= 4 is 11.7 Å². The van der Waals surface area contributed by atoms with Crippen LogP contribution in [0.3, 0.4) is 0 Å². The Balaban J connectivity index is 0.00000242. The van der Waals surface area contributed by atoms with Crippen molar-refractivity contribution < 1.29 is 49.9 Å². The molecule has 8 heteroatoms. The van der Waals surface area contributed by atoms with Crippen molar-refractivity contribution in [2.45, 2.75) is 25.3 Å². The fourth-order valence-corrected chi connectivity index (χ4v) is 2.41. The molecule has 1 aromatic rings. The highest BCUT2D eigenvalue weighted by molar-refractivity contribution is 5.71. The molecule has 0 aliphatic carbocycles. The molecule has 0 saturated carbocycles. The second-order valence-corrected chi connectivity index (χ2v) is 5.98. The Morgan fingerprint density at radius 3 is 2.57 bits per heavy atom. The number of ether oxygens (including phenoxy) is 2. The fraction of sp³-hybridized carbons (Fsp3) is 0.533. The van der Waals surface area contributed by atoms with Crippen LogP contribution < -0.4 is 44.5 Å². The number of hydrogen-bond acceptors (Lipinski definition) is 3. The number of nitrogens with zero attached hydrogens (tertiary/aromatic N) is 1. The summed E-state index contributed by atoms with van der Waals surface area (Å²) in [6.07, 6.45) is 2.45. The number of carboxylic acid groups (broad SMARTS) is 1. The molecular formula is C15H24Cl2N2O4. The fourth-order valence-electron chi connectivity index (χ4n) is 2.41. The van der Waals surface area contributed by atoms with Crippen LogP contribution in [0.4, 0.5) is 5.69 Å². The molecule has 0 saturated heterocycles. The molecule has 0 aromatic heterocycles. The van der Waals surface area contributed by atoms with Gasteiger partial charge in [-0.05, 0) is 18.9 Å². The van der Waals surface area contributed by atoms with Gasteiger partial charge in [-0.1, -0.05) is 0 Å². The Kier molecular flexibility index (Phi) is 8.69. The second-order valence-electron chi connectivity index (χ2n) is 5.98. The van der Waals surface area contributed by atoms with Crippen molar-refractivity contribution in [3.05, 3.63) is 18.2 Å². The van der Waals surface area contributed by atoms with E-state index in [-0.39, 0.29) is 31.6 Å². The molecule has 0 bridgehead atoms. The van der Waals surface area contributed by atoms with Gasteiger partial charge in [-0.3, -0.25) is 4.48 Å². The zero-order valence-electron chi connectivity index (χ0n) is 13.4. The van der Waals surface area contributed by atoms with E-state index in [2.05, 4.69) is 25.9 Å². The van der Waals surface area contributed by atoms with Crippen molar-refractivity contribution in [2.24, 2.45) is 0 Å². The summed E-state index contributed by atoms with van der Waals surface area (Å²) in [6.45, 7) is 1.22. The van der Waals surface area contributed by atoms with E-state index in [0.29, 0.717) is 6.42 Å². The molecule has 0 fully saturated rings. The van der Waals surface area contributed by atoms with Crippen LogP contribution in [-0.4, -0.2) is 44.6 Å². The van der Waals surface area contributed by atoms with Crippen LogP contribution in [0, 0.1) is 0 Å². The highest BCUT2D eigenvalue weighted by atomic mass is 35.5. The topological polar surface area (TPSA) is 83.4 Å². The molecule has 0 radical (unpaired) electrons. The number of halogens is 2. The molecule has 0 unspecified atom stereocenters. The summed E-state index contributed by atoms with van der Waals surface area (Å²) >= 11 is 0. The molecule has 0 spiro atoms. The zero-order chi connectivity index (χ0) is 15.5. The van der Waals surface area contributed by atoms with Gasteiger partial charge in [0.2, 0.25) is 6.79 Å². The number of hydrogen-bond donors (Lipinski definition) is 2. The van der Waals surface area contributed by atoms with Crippen molar-refractivity contribution in [3.63, 3.8) is 0 Å². The minimum Gasteiger partial charge on any atom is -1.00 e. The highest BCUT2D eigenvalue weighted by Gasteiger charge is 2.23. The van der Waals surface area contributed by atoms with Gasteiger partial charge in [-0.15, -0.1) is 0 Å². The molecular weight excluding hydrogens is 343 g/mol. The van der Waals surface area contributed by atoms with Crippen molar-refractivity contribution in [3.8, 4) is 11.5 Å². The molecule has 1 heterocycles. The van der Waals surface area contributed by atoms with Crippen molar-refractivity contribution in [2.75, 3.05) is 27.4 Å². The number of unbranched alkanes of at least 4 members (excludes halogenated alkanes) is 1. The Bertz CT molecular complexity index is 526. The van der Waals surface area contributed by atoms with Gasteiger partial charge in [0.25, 0.3) is 0 Å². The summed E-state index contributed by atoms with van der Waals surface area (Å²) in [4.78, 5) is 10.7. The Morgan fingerprint density at radius 2 is 1.91 bits per heavy atom. The number of aliphatic carboxylic acids is 1. The number of fused-ring (bicyclic) bond motifs is 1. The van der Waals surface area contributed by atoms with Crippen LogP contribution >= 0.6 is 0 Å². The summed E-state index contributed by atoms with van der Waals surface area (Å²) in [6, 6.07) is 5.50. The lowest BCUT2D eigenvalue weighted by Gasteiger charge is -2.29. The average Bonchev–Trinajstić information content (AvgIpc) is 2.90. The number of quaternary nitrogens is 2. The first-order valence-corrected chi connectivity index (χ1v) is 7.19. The van der Waals surface area contributed by atoms with Gasteiger partial charge in [0.1, 0.15) is 5.69 Å². The molecule has 0 amide bonds. The van der Waals surface area contributed by atoms with Crippen LogP contribution in [0.25, 0.3) is 0 Å². The second kappa shape index (κ2) is 9.17. The summed E-state index contributed by atoms with van der Waals surface area (Å²) in [7, 11) is 4.27. The molecule has 1 aliphatic rings. The van der Waals surface area contributed by atoms with Gasteiger partial charge < -0.3 is 45.1 Å². The standard InChI is InChI=1S/C15H22N2O4.2ClH/c1-17(2,8-4-3-5-12(16)15(18)19)11-6-7-13-14(9-11)21-10-20-13;;/h6-7,9,12H,3-5,8,10,16H2,1-2H3;2*1H/t12-;;/m0../s1. The number of carboxylic acids is 1. The third-order valence-corrected chi connectivity index (χ3v) is 3.92. The molecule has 132 valence electrons. The van der Waals surface area contributed by atoms with E-state index in [4.69, 9.17) is 14.6 Å². The van der Waals surface area contributed by atoms with E-state index < -0.39 is 12.0 Å². The SMILES string of the molecule is C[N+](C)(CCCC[C@H]([NH3+])C(=O)O)c1ccc2c(c1)OCO2.[Cl-].[Cl-]. The lowest BCUT2D eigenvalue weighted by Crippen LogP contribution is -3.00. The number of benzene rings is 1. The van der Waals surface area contributed by atoms with Gasteiger partial charge in [-0.2, -0.15) is 0 Å². The van der Waals surface area contributed by atoms with E-state index >= 15 is 0 Å². The lowest BCUT2D eigenvalue weighted by molar-refractivity contribution is -0.409. The van der Waals surface area contributed by atoms with E-state index in [1.54, 1.807) is 0 Å². The first kappa shape index (κ1) is 21.8. The first-order chi connectivity index (χ1) is 9.90. The summed E-state index contributed by atoms with van der Waals surface area (Å²) in [5.74, 6) is 0.766. The summed E-state index contributed by atoms with van der Waals surface area (Å²) < 4.78 is 11.5.